The van der Waals surface area contributed by atoms with Gasteiger partial charge in [-0.3, -0.25) is 20.5 Å². The SMILES string of the molecule is Cc1ccc(NC(=S)NNC(=O)CN2CCCCC2)cc1. The Balaban J connectivity index is 1.68. The highest BCUT2D eigenvalue weighted by molar-refractivity contribution is 7.80. The van der Waals surface area contributed by atoms with Gasteiger partial charge in [0.1, 0.15) is 0 Å². The molecule has 0 aromatic heterocycles. The number of likely N-dealkylation sites (tertiary alicyclic amines) is 1. The molecule has 1 aromatic carbocycles. The zero-order chi connectivity index (χ0) is 15.1. The van der Waals surface area contributed by atoms with Crippen molar-refractivity contribution in [3.8, 4) is 0 Å². The van der Waals surface area contributed by atoms with Gasteiger partial charge in [-0.25, -0.2) is 0 Å². The summed E-state index contributed by atoms with van der Waals surface area (Å²) in [5.41, 5.74) is 7.44. The quantitative estimate of drug-likeness (QED) is 0.587. The Labute approximate surface area is 131 Å². The maximum absolute atomic E-state index is 11.8. The van der Waals surface area contributed by atoms with E-state index in [0.717, 1.165) is 18.8 Å². The number of carbonyl (C=O) groups excluding carboxylic acids is 1. The molecule has 0 atom stereocenters. The van der Waals surface area contributed by atoms with Gasteiger partial charge < -0.3 is 5.32 Å². The number of carbonyl (C=O) groups is 1. The van der Waals surface area contributed by atoms with E-state index < -0.39 is 0 Å². The summed E-state index contributed by atoms with van der Waals surface area (Å²) >= 11 is 5.14. The number of aryl methyl sites for hydroxylation is 1. The lowest BCUT2D eigenvalue weighted by atomic mass is 10.1. The molecule has 114 valence electrons. The van der Waals surface area contributed by atoms with Gasteiger partial charge in [0.25, 0.3) is 5.91 Å². The third-order valence-electron chi connectivity index (χ3n) is 3.44. The number of nitrogens with one attached hydrogen (secondary N) is 3. The molecule has 0 aliphatic carbocycles. The number of hydrazine groups is 1. The molecule has 21 heavy (non-hydrogen) atoms. The summed E-state index contributed by atoms with van der Waals surface area (Å²) in [6.07, 6.45) is 3.61. The number of rotatable bonds is 3. The van der Waals surface area contributed by atoms with Crippen molar-refractivity contribution in [3.05, 3.63) is 29.8 Å². The van der Waals surface area contributed by atoms with Gasteiger partial charge in [-0.2, -0.15) is 0 Å². The van der Waals surface area contributed by atoms with Crippen LogP contribution in [0, 0.1) is 6.92 Å². The van der Waals surface area contributed by atoms with Gasteiger partial charge in [-0.1, -0.05) is 24.1 Å². The minimum Gasteiger partial charge on any atom is -0.331 e. The van der Waals surface area contributed by atoms with E-state index in [9.17, 15) is 4.79 Å². The topological polar surface area (TPSA) is 56.4 Å². The summed E-state index contributed by atoms with van der Waals surface area (Å²) in [7, 11) is 0. The van der Waals surface area contributed by atoms with Crippen LogP contribution >= 0.6 is 12.2 Å². The van der Waals surface area contributed by atoms with Gasteiger partial charge in [0.05, 0.1) is 6.54 Å². The Morgan fingerprint density at radius 3 is 2.48 bits per heavy atom. The number of piperidine rings is 1. The molecule has 0 spiro atoms. The Kier molecular flexibility index (Phi) is 5.95. The second-order valence-electron chi connectivity index (χ2n) is 5.33. The van der Waals surface area contributed by atoms with Gasteiger partial charge in [0.15, 0.2) is 5.11 Å². The van der Waals surface area contributed by atoms with Crippen molar-refractivity contribution in [1.82, 2.24) is 15.8 Å². The van der Waals surface area contributed by atoms with E-state index in [-0.39, 0.29) is 5.91 Å². The Hall–Kier alpha value is -1.66. The third kappa shape index (κ3) is 5.69. The lowest BCUT2D eigenvalue weighted by Crippen LogP contribution is -2.48. The average molecular weight is 306 g/mol. The van der Waals surface area contributed by atoms with Crippen LogP contribution in [0.5, 0.6) is 0 Å². The number of nitrogens with zero attached hydrogens (tertiary/aromatic N) is 1. The van der Waals surface area contributed by atoms with Crippen LogP contribution in [0.15, 0.2) is 24.3 Å². The van der Waals surface area contributed by atoms with Gasteiger partial charge in [-0.15, -0.1) is 0 Å². The third-order valence-corrected chi connectivity index (χ3v) is 3.64. The molecule has 1 fully saturated rings. The van der Waals surface area contributed by atoms with Crippen LogP contribution in [0.25, 0.3) is 0 Å². The molecule has 0 bridgehead atoms. The highest BCUT2D eigenvalue weighted by Crippen LogP contribution is 2.08. The minimum absolute atomic E-state index is 0.0649. The van der Waals surface area contributed by atoms with Crippen LogP contribution in [-0.4, -0.2) is 35.6 Å². The van der Waals surface area contributed by atoms with E-state index in [0.29, 0.717) is 11.7 Å². The summed E-state index contributed by atoms with van der Waals surface area (Å²) in [5, 5.41) is 3.40. The van der Waals surface area contributed by atoms with Crippen molar-refractivity contribution < 1.29 is 4.79 Å². The fourth-order valence-electron chi connectivity index (χ4n) is 2.29. The number of amides is 1. The monoisotopic (exact) mass is 306 g/mol. The molecule has 0 saturated carbocycles. The number of thiocarbonyl (C=S) groups is 1. The van der Waals surface area contributed by atoms with Gasteiger partial charge in [0, 0.05) is 5.69 Å². The summed E-state index contributed by atoms with van der Waals surface area (Å²) < 4.78 is 0. The summed E-state index contributed by atoms with van der Waals surface area (Å²) in [6.45, 7) is 4.44. The smallest absolute Gasteiger partial charge is 0.252 e. The first kappa shape index (κ1) is 15.7. The molecule has 0 radical (unpaired) electrons. The normalized spacial score (nSPS) is 15.3. The number of hydrogen-bond acceptors (Lipinski definition) is 3. The second kappa shape index (κ2) is 7.95. The first-order chi connectivity index (χ1) is 10.1. The zero-order valence-corrected chi connectivity index (χ0v) is 13.1. The molecule has 1 saturated heterocycles. The van der Waals surface area contributed by atoms with Crippen LogP contribution in [0.4, 0.5) is 5.69 Å². The predicted octanol–water partition coefficient (Wildman–Crippen LogP) is 1.80. The molecule has 5 nitrogen and oxygen atoms in total. The average Bonchev–Trinajstić information content (AvgIpc) is 2.49. The van der Waals surface area contributed by atoms with Gasteiger partial charge in [-0.05, 0) is 57.2 Å². The minimum atomic E-state index is -0.0649. The van der Waals surface area contributed by atoms with E-state index >= 15 is 0 Å². The van der Waals surface area contributed by atoms with E-state index in [1.807, 2.05) is 31.2 Å². The van der Waals surface area contributed by atoms with Crippen molar-refractivity contribution in [1.29, 1.82) is 0 Å². The molecule has 1 amide bonds. The summed E-state index contributed by atoms with van der Waals surface area (Å²) in [5.74, 6) is -0.0649. The first-order valence-corrected chi connectivity index (χ1v) is 7.69. The maximum atomic E-state index is 11.8. The lowest BCUT2D eigenvalue weighted by molar-refractivity contribution is -0.123. The standard InChI is InChI=1S/C15H22N4OS/c1-12-5-7-13(8-6-12)16-15(21)18-17-14(20)11-19-9-3-2-4-10-19/h5-8H,2-4,9-11H2,1H3,(H,17,20)(H2,16,18,21). The van der Waals surface area contributed by atoms with E-state index in [1.165, 1.54) is 24.8 Å². The van der Waals surface area contributed by atoms with E-state index in [4.69, 9.17) is 12.2 Å². The summed E-state index contributed by atoms with van der Waals surface area (Å²) in [4.78, 5) is 14.0. The second-order valence-corrected chi connectivity index (χ2v) is 5.74. The fourth-order valence-corrected chi connectivity index (χ4v) is 2.45. The lowest BCUT2D eigenvalue weighted by Gasteiger charge is -2.25. The van der Waals surface area contributed by atoms with Crippen LogP contribution in [0.3, 0.4) is 0 Å². The fraction of sp³-hybridized carbons (Fsp3) is 0.467. The summed E-state index contributed by atoms with van der Waals surface area (Å²) in [6, 6.07) is 7.89. The maximum Gasteiger partial charge on any atom is 0.252 e. The van der Waals surface area contributed by atoms with Crippen LogP contribution < -0.4 is 16.2 Å². The van der Waals surface area contributed by atoms with E-state index in [1.54, 1.807) is 0 Å². The molecular weight excluding hydrogens is 284 g/mol. The van der Waals surface area contributed by atoms with Crippen molar-refractivity contribution >= 4 is 28.9 Å². The van der Waals surface area contributed by atoms with Gasteiger partial charge >= 0.3 is 0 Å². The van der Waals surface area contributed by atoms with Crippen molar-refractivity contribution in [2.45, 2.75) is 26.2 Å². The number of anilines is 1. The Morgan fingerprint density at radius 1 is 1.14 bits per heavy atom. The van der Waals surface area contributed by atoms with E-state index in [2.05, 4.69) is 21.1 Å². The first-order valence-electron chi connectivity index (χ1n) is 7.28. The Morgan fingerprint density at radius 2 is 1.81 bits per heavy atom. The highest BCUT2D eigenvalue weighted by Gasteiger charge is 2.13. The molecule has 1 aliphatic rings. The molecule has 3 N–H and O–H groups in total. The van der Waals surface area contributed by atoms with Crippen molar-refractivity contribution in [2.24, 2.45) is 0 Å². The van der Waals surface area contributed by atoms with Crippen molar-refractivity contribution in [2.75, 3.05) is 25.0 Å². The number of benzene rings is 1. The highest BCUT2D eigenvalue weighted by atomic mass is 32.1. The molecule has 1 heterocycles. The molecule has 0 unspecified atom stereocenters. The molecular formula is C15H22N4OS. The van der Waals surface area contributed by atoms with Crippen LogP contribution in [-0.2, 0) is 4.79 Å². The molecule has 1 aromatic rings. The zero-order valence-electron chi connectivity index (χ0n) is 12.3. The largest absolute Gasteiger partial charge is 0.331 e. The Bertz CT molecular complexity index is 483. The molecule has 2 rings (SSSR count). The molecule has 6 heteroatoms. The van der Waals surface area contributed by atoms with Gasteiger partial charge in [0.2, 0.25) is 0 Å². The van der Waals surface area contributed by atoms with Crippen LogP contribution in [0.2, 0.25) is 0 Å². The van der Waals surface area contributed by atoms with Crippen molar-refractivity contribution in [3.63, 3.8) is 0 Å². The predicted molar refractivity (Wildman–Crippen MR) is 89.0 cm³/mol. The van der Waals surface area contributed by atoms with Crippen LogP contribution in [0.1, 0.15) is 24.8 Å². The number of hydrogen-bond donors (Lipinski definition) is 3. The molecule has 1 aliphatic heterocycles.